The molecular weight excluding hydrogens is 280 g/mol. The summed E-state index contributed by atoms with van der Waals surface area (Å²) in [5, 5.41) is 16.3. The van der Waals surface area contributed by atoms with Gasteiger partial charge in [-0.3, -0.25) is 4.57 Å². The van der Waals surface area contributed by atoms with Crippen molar-refractivity contribution in [2.24, 2.45) is 0 Å². The van der Waals surface area contributed by atoms with Crippen molar-refractivity contribution in [2.75, 3.05) is 0 Å². The van der Waals surface area contributed by atoms with Gasteiger partial charge in [0.1, 0.15) is 5.03 Å². The molecule has 104 valence electrons. The van der Waals surface area contributed by atoms with Gasteiger partial charge in [0.2, 0.25) is 0 Å². The number of hydrogen-bond donors (Lipinski definition) is 2. The fourth-order valence-corrected chi connectivity index (χ4v) is 2.93. The number of rotatable bonds is 4. The van der Waals surface area contributed by atoms with E-state index in [1.165, 1.54) is 6.07 Å². The number of H-pyrrole nitrogens is 1. The molecule has 0 aliphatic heterocycles. The van der Waals surface area contributed by atoms with E-state index in [0.29, 0.717) is 15.9 Å². The normalized spacial score (nSPS) is 14.4. The van der Waals surface area contributed by atoms with E-state index < -0.39 is 5.97 Å². The maximum atomic E-state index is 11.7. The first-order valence-electron chi connectivity index (χ1n) is 6.12. The van der Waals surface area contributed by atoms with Gasteiger partial charge < -0.3 is 5.11 Å². The standard InChI is InChI=1S/C12H12N4O3S/c1-6-2-5-8(10(17)18)9(13-6)20-12-15-14-11(19)16(12)7-3-4-7/h2,5,7H,3-4H2,1H3,(H,14,19)(H,17,18). The van der Waals surface area contributed by atoms with Crippen LogP contribution in [-0.4, -0.2) is 30.8 Å². The molecule has 0 amide bonds. The smallest absolute Gasteiger partial charge is 0.344 e. The number of aromatic amines is 1. The molecule has 1 saturated carbocycles. The molecular formula is C12H12N4O3S. The lowest BCUT2D eigenvalue weighted by atomic mass is 10.2. The molecule has 1 aliphatic carbocycles. The second-order valence-electron chi connectivity index (χ2n) is 4.63. The Morgan fingerprint density at radius 1 is 1.50 bits per heavy atom. The average molecular weight is 292 g/mol. The van der Waals surface area contributed by atoms with E-state index in [1.807, 2.05) is 0 Å². The van der Waals surface area contributed by atoms with Gasteiger partial charge in [-0.1, -0.05) is 0 Å². The zero-order valence-corrected chi connectivity index (χ0v) is 11.5. The Hall–Kier alpha value is -2.09. The lowest BCUT2D eigenvalue weighted by Crippen LogP contribution is -2.16. The van der Waals surface area contributed by atoms with Crippen LogP contribution in [0.1, 0.15) is 34.9 Å². The summed E-state index contributed by atoms with van der Waals surface area (Å²) in [5.41, 5.74) is 0.561. The molecule has 20 heavy (non-hydrogen) atoms. The Kier molecular flexibility index (Phi) is 3.09. The SMILES string of the molecule is Cc1ccc(C(=O)O)c(Sc2n[nH]c(=O)n2C2CC2)n1. The molecule has 0 bridgehead atoms. The topological polar surface area (TPSA) is 101 Å². The highest BCUT2D eigenvalue weighted by atomic mass is 32.2. The first-order valence-corrected chi connectivity index (χ1v) is 6.93. The summed E-state index contributed by atoms with van der Waals surface area (Å²) < 4.78 is 1.57. The van der Waals surface area contributed by atoms with Gasteiger partial charge in [-0.15, -0.1) is 5.10 Å². The van der Waals surface area contributed by atoms with Crippen LogP contribution in [0.3, 0.4) is 0 Å². The number of aromatic nitrogens is 4. The summed E-state index contributed by atoms with van der Waals surface area (Å²) in [4.78, 5) is 27.1. The number of aryl methyl sites for hydroxylation is 1. The van der Waals surface area contributed by atoms with Crippen molar-refractivity contribution in [1.82, 2.24) is 19.7 Å². The molecule has 0 saturated heterocycles. The molecule has 2 aromatic rings. The van der Waals surface area contributed by atoms with E-state index in [9.17, 15) is 14.7 Å². The molecule has 2 N–H and O–H groups in total. The van der Waals surface area contributed by atoms with Crippen LogP contribution >= 0.6 is 11.8 Å². The highest BCUT2D eigenvalue weighted by Gasteiger charge is 2.29. The maximum Gasteiger partial charge on any atom is 0.344 e. The van der Waals surface area contributed by atoms with E-state index in [0.717, 1.165) is 24.6 Å². The van der Waals surface area contributed by atoms with Gasteiger partial charge in [0.25, 0.3) is 0 Å². The Morgan fingerprint density at radius 2 is 2.25 bits per heavy atom. The summed E-state index contributed by atoms with van der Waals surface area (Å²) in [6.45, 7) is 1.79. The fourth-order valence-electron chi connectivity index (χ4n) is 1.88. The molecule has 0 aromatic carbocycles. The van der Waals surface area contributed by atoms with Gasteiger partial charge in [-0.2, -0.15) is 0 Å². The molecule has 0 spiro atoms. The number of carboxylic acids is 1. The third kappa shape index (κ3) is 2.34. The Balaban J connectivity index is 2.01. The minimum absolute atomic E-state index is 0.110. The lowest BCUT2D eigenvalue weighted by Gasteiger charge is -2.06. The van der Waals surface area contributed by atoms with Crippen LogP contribution in [0, 0.1) is 6.92 Å². The van der Waals surface area contributed by atoms with Crippen molar-refractivity contribution >= 4 is 17.7 Å². The average Bonchev–Trinajstić information content (AvgIpc) is 3.15. The van der Waals surface area contributed by atoms with Crippen LogP contribution in [-0.2, 0) is 0 Å². The van der Waals surface area contributed by atoms with Gasteiger partial charge in [0, 0.05) is 11.7 Å². The van der Waals surface area contributed by atoms with Crippen LogP contribution in [0.15, 0.2) is 27.1 Å². The number of carboxylic acid groups (broad SMARTS) is 1. The van der Waals surface area contributed by atoms with E-state index >= 15 is 0 Å². The van der Waals surface area contributed by atoms with Crippen molar-refractivity contribution in [1.29, 1.82) is 0 Å². The zero-order chi connectivity index (χ0) is 14.3. The first kappa shape index (κ1) is 12.9. The van der Waals surface area contributed by atoms with Crippen LogP contribution in [0.2, 0.25) is 0 Å². The highest BCUT2D eigenvalue weighted by Crippen LogP contribution is 2.37. The van der Waals surface area contributed by atoms with Gasteiger partial charge in [0.15, 0.2) is 5.16 Å². The molecule has 0 radical (unpaired) electrons. The number of nitrogens with one attached hydrogen (secondary N) is 1. The van der Waals surface area contributed by atoms with E-state index in [2.05, 4.69) is 15.2 Å². The highest BCUT2D eigenvalue weighted by molar-refractivity contribution is 7.99. The Morgan fingerprint density at radius 3 is 2.90 bits per heavy atom. The van der Waals surface area contributed by atoms with Gasteiger partial charge in [-0.25, -0.2) is 19.7 Å². The predicted molar refractivity (Wildman–Crippen MR) is 71.2 cm³/mol. The second-order valence-corrected chi connectivity index (χ2v) is 5.58. The monoisotopic (exact) mass is 292 g/mol. The van der Waals surface area contributed by atoms with Gasteiger partial charge in [-0.05, 0) is 43.7 Å². The molecule has 0 atom stereocenters. The molecule has 2 aromatic heterocycles. The van der Waals surface area contributed by atoms with Crippen molar-refractivity contribution in [3.05, 3.63) is 33.9 Å². The van der Waals surface area contributed by atoms with Crippen molar-refractivity contribution in [3.63, 3.8) is 0 Å². The minimum atomic E-state index is -1.05. The third-order valence-corrected chi connectivity index (χ3v) is 3.98. The van der Waals surface area contributed by atoms with Crippen LogP contribution in [0.4, 0.5) is 0 Å². The van der Waals surface area contributed by atoms with Crippen LogP contribution in [0.5, 0.6) is 0 Å². The Labute approximate surface area is 118 Å². The maximum absolute atomic E-state index is 11.7. The second kappa shape index (κ2) is 4.78. The van der Waals surface area contributed by atoms with Crippen molar-refractivity contribution in [3.8, 4) is 0 Å². The lowest BCUT2D eigenvalue weighted by molar-refractivity contribution is 0.0692. The fraction of sp³-hybridized carbons (Fsp3) is 0.333. The summed E-state index contributed by atoms with van der Waals surface area (Å²) in [6.07, 6.45) is 1.89. The Bertz CT molecular complexity index is 733. The van der Waals surface area contributed by atoms with Crippen molar-refractivity contribution < 1.29 is 9.90 Å². The van der Waals surface area contributed by atoms with E-state index in [1.54, 1.807) is 17.6 Å². The van der Waals surface area contributed by atoms with Crippen LogP contribution in [0.25, 0.3) is 0 Å². The minimum Gasteiger partial charge on any atom is -0.478 e. The quantitative estimate of drug-likeness (QED) is 0.884. The molecule has 8 heteroatoms. The number of pyridine rings is 1. The molecule has 7 nitrogen and oxygen atoms in total. The molecule has 3 rings (SSSR count). The number of nitrogens with zero attached hydrogens (tertiary/aromatic N) is 3. The van der Waals surface area contributed by atoms with Crippen molar-refractivity contribution in [2.45, 2.75) is 36.0 Å². The third-order valence-electron chi connectivity index (χ3n) is 3.00. The summed E-state index contributed by atoms with van der Waals surface area (Å²) in [7, 11) is 0. The predicted octanol–water partition coefficient (Wildman–Crippen LogP) is 1.46. The van der Waals surface area contributed by atoms with Gasteiger partial charge in [0.05, 0.1) is 5.56 Å². The molecule has 0 unspecified atom stereocenters. The summed E-state index contributed by atoms with van der Waals surface area (Å²) >= 11 is 1.10. The molecule has 2 heterocycles. The van der Waals surface area contributed by atoms with E-state index in [-0.39, 0.29) is 17.3 Å². The summed E-state index contributed by atoms with van der Waals surface area (Å²) in [6, 6.07) is 3.33. The number of aromatic carboxylic acids is 1. The number of hydrogen-bond acceptors (Lipinski definition) is 5. The van der Waals surface area contributed by atoms with Gasteiger partial charge >= 0.3 is 11.7 Å². The largest absolute Gasteiger partial charge is 0.478 e. The number of carbonyl (C=O) groups is 1. The molecule has 1 fully saturated rings. The first-order chi connectivity index (χ1) is 9.56. The zero-order valence-electron chi connectivity index (χ0n) is 10.7. The van der Waals surface area contributed by atoms with E-state index in [4.69, 9.17) is 0 Å². The summed E-state index contributed by atoms with van der Waals surface area (Å²) in [5.74, 6) is -1.05. The van der Waals surface area contributed by atoms with Crippen LogP contribution < -0.4 is 5.69 Å². The molecule has 1 aliphatic rings.